The third kappa shape index (κ3) is 2.01. The lowest BCUT2D eigenvalue weighted by Gasteiger charge is -1.98. The molecule has 1 aromatic heterocycles. The summed E-state index contributed by atoms with van der Waals surface area (Å²) in [7, 11) is 1.45. The number of carbonyl (C=O) groups is 1. The molecule has 1 aromatic rings. The van der Waals surface area contributed by atoms with Gasteiger partial charge in [-0.15, -0.1) is 0 Å². The van der Waals surface area contributed by atoms with Gasteiger partial charge in [-0.1, -0.05) is 5.16 Å². The molecule has 7 nitrogen and oxygen atoms in total. The van der Waals surface area contributed by atoms with Gasteiger partial charge in [-0.3, -0.25) is 4.79 Å². The number of amides is 1. The van der Waals surface area contributed by atoms with Crippen LogP contribution in [0, 0.1) is 0 Å². The number of rotatable bonds is 3. The summed E-state index contributed by atoms with van der Waals surface area (Å²) in [4.78, 5) is 14.6. The van der Waals surface area contributed by atoms with Gasteiger partial charge < -0.3 is 20.7 Å². The van der Waals surface area contributed by atoms with Gasteiger partial charge in [0.15, 0.2) is 0 Å². The molecule has 0 aliphatic carbocycles. The van der Waals surface area contributed by atoms with Gasteiger partial charge in [0.25, 0.3) is 11.7 Å². The Morgan fingerprint density at radius 2 is 2.54 bits per heavy atom. The van der Waals surface area contributed by atoms with Crippen molar-refractivity contribution in [2.24, 2.45) is 5.73 Å². The lowest BCUT2D eigenvalue weighted by Crippen LogP contribution is -2.20. The quantitative estimate of drug-likeness (QED) is 0.525. The Bertz CT molecular complexity index is 298. The second-order valence-corrected chi connectivity index (χ2v) is 2.32. The molecular formula is C6H10N4O3. The number of nitrogens with one attached hydrogen (secondary N) is 1. The summed E-state index contributed by atoms with van der Waals surface area (Å²) in [5.74, 6) is -0.511. The third-order valence-corrected chi connectivity index (χ3v) is 1.39. The van der Waals surface area contributed by atoms with E-state index in [-0.39, 0.29) is 18.3 Å². The highest BCUT2D eigenvalue weighted by atomic mass is 16.5. The van der Waals surface area contributed by atoms with E-state index < -0.39 is 11.9 Å². The van der Waals surface area contributed by atoms with Crippen LogP contribution in [-0.2, 0) is 0 Å². The molecule has 1 heterocycles. The molecule has 0 bridgehead atoms. The minimum atomic E-state index is -0.745. The largest absolute Gasteiger partial charge is 0.394 e. The molecule has 7 heteroatoms. The van der Waals surface area contributed by atoms with Crippen molar-refractivity contribution in [3.8, 4) is 0 Å². The maximum Gasteiger partial charge on any atom is 0.292 e. The molecule has 4 N–H and O–H groups in total. The molecule has 0 saturated heterocycles. The van der Waals surface area contributed by atoms with Gasteiger partial charge in [0, 0.05) is 7.05 Å². The fourth-order valence-electron chi connectivity index (χ4n) is 0.668. The lowest BCUT2D eigenvalue weighted by molar-refractivity contribution is 0.0950. The van der Waals surface area contributed by atoms with Crippen molar-refractivity contribution in [1.29, 1.82) is 0 Å². The molecule has 72 valence electrons. The zero-order chi connectivity index (χ0) is 9.84. The van der Waals surface area contributed by atoms with E-state index >= 15 is 0 Å². The minimum Gasteiger partial charge on any atom is -0.394 e. The van der Waals surface area contributed by atoms with Crippen molar-refractivity contribution in [3.05, 3.63) is 11.7 Å². The zero-order valence-corrected chi connectivity index (χ0v) is 7.02. The fraction of sp³-hybridized carbons (Fsp3) is 0.500. The minimum absolute atomic E-state index is 0.0427. The molecule has 0 saturated carbocycles. The molecule has 13 heavy (non-hydrogen) atoms. The van der Waals surface area contributed by atoms with Gasteiger partial charge in [0.2, 0.25) is 5.89 Å². The summed E-state index contributed by atoms with van der Waals surface area (Å²) in [6.45, 7) is -0.310. The topological polar surface area (TPSA) is 114 Å². The van der Waals surface area contributed by atoms with Crippen molar-refractivity contribution in [1.82, 2.24) is 15.5 Å². The predicted octanol–water partition coefficient (Wildman–Crippen LogP) is -1.58. The number of carbonyl (C=O) groups excluding carboxylic acids is 1. The van der Waals surface area contributed by atoms with Crippen LogP contribution in [-0.4, -0.2) is 34.8 Å². The zero-order valence-electron chi connectivity index (χ0n) is 7.02. The fourth-order valence-corrected chi connectivity index (χ4v) is 0.668. The van der Waals surface area contributed by atoms with E-state index in [0.717, 1.165) is 0 Å². The molecule has 0 aliphatic rings. The maximum absolute atomic E-state index is 10.9. The van der Waals surface area contributed by atoms with E-state index in [1.807, 2.05) is 0 Å². The van der Waals surface area contributed by atoms with Gasteiger partial charge in [-0.05, 0) is 0 Å². The van der Waals surface area contributed by atoms with E-state index in [4.69, 9.17) is 10.8 Å². The first-order chi connectivity index (χ1) is 6.19. The molecule has 1 amide bonds. The van der Waals surface area contributed by atoms with Gasteiger partial charge >= 0.3 is 0 Å². The molecule has 1 atom stereocenters. The number of nitrogens with two attached hydrogens (primary N) is 1. The van der Waals surface area contributed by atoms with Crippen molar-refractivity contribution in [3.63, 3.8) is 0 Å². The highest BCUT2D eigenvalue weighted by Gasteiger charge is 2.17. The van der Waals surface area contributed by atoms with Crippen LogP contribution < -0.4 is 11.1 Å². The first-order valence-electron chi connectivity index (χ1n) is 3.61. The van der Waals surface area contributed by atoms with Crippen LogP contribution in [0.15, 0.2) is 4.52 Å². The lowest BCUT2D eigenvalue weighted by atomic mass is 10.3. The van der Waals surface area contributed by atoms with Crippen LogP contribution in [0.5, 0.6) is 0 Å². The van der Waals surface area contributed by atoms with Crippen LogP contribution in [0.3, 0.4) is 0 Å². The van der Waals surface area contributed by atoms with Crippen molar-refractivity contribution in [2.75, 3.05) is 13.7 Å². The smallest absolute Gasteiger partial charge is 0.292 e. The Hall–Kier alpha value is -1.47. The van der Waals surface area contributed by atoms with Crippen molar-refractivity contribution < 1.29 is 14.4 Å². The number of aromatic nitrogens is 2. The SMILES string of the molecule is CNC(=O)c1noc(C(N)CO)n1. The second kappa shape index (κ2) is 3.97. The molecule has 1 unspecified atom stereocenters. The number of hydrogen-bond donors (Lipinski definition) is 3. The Morgan fingerprint density at radius 3 is 3.08 bits per heavy atom. The highest BCUT2D eigenvalue weighted by molar-refractivity contribution is 5.89. The summed E-state index contributed by atoms with van der Waals surface area (Å²) in [6.07, 6.45) is 0. The summed E-state index contributed by atoms with van der Waals surface area (Å²) in [6, 6.07) is -0.745. The average Bonchev–Trinajstić information content (AvgIpc) is 2.64. The summed E-state index contributed by atoms with van der Waals surface area (Å²) < 4.78 is 4.63. The molecule has 0 radical (unpaired) electrons. The summed E-state index contributed by atoms with van der Waals surface area (Å²) >= 11 is 0. The standard InChI is InChI=1S/C6H10N4O3/c1-8-5(12)4-9-6(13-10-4)3(7)2-11/h3,11H,2,7H2,1H3,(H,8,12). The van der Waals surface area contributed by atoms with Gasteiger partial charge in [0.05, 0.1) is 6.61 Å². The predicted molar refractivity (Wildman–Crippen MR) is 41.7 cm³/mol. The number of aliphatic hydroxyl groups is 1. The Labute approximate surface area is 73.9 Å². The Morgan fingerprint density at radius 1 is 1.85 bits per heavy atom. The second-order valence-electron chi connectivity index (χ2n) is 2.32. The van der Waals surface area contributed by atoms with Crippen LogP contribution in [0.25, 0.3) is 0 Å². The van der Waals surface area contributed by atoms with Gasteiger partial charge in [-0.2, -0.15) is 4.98 Å². The van der Waals surface area contributed by atoms with Crippen LogP contribution >= 0.6 is 0 Å². The Kier molecular flexibility index (Phi) is 2.93. The molecule has 1 rings (SSSR count). The normalized spacial score (nSPS) is 12.5. The highest BCUT2D eigenvalue weighted by Crippen LogP contribution is 2.05. The van der Waals surface area contributed by atoms with Crippen LogP contribution in [0.4, 0.5) is 0 Å². The van der Waals surface area contributed by atoms with Crippen molar-refractivity contribution >= 4 is 5.91 Å². The number of hydrogen-bond acceptors (Lipinski definition) is 6. The maximum atomic E-state index is 10.9. The van der Waals surface area contributed by atoms with E-state index in [1.54, 1.807) is 0 Å². The molecule has 0 aromatic carbocycles. The van der Waals surface area contributed by atoms with E-state index in [1.165, 1.54) is 7.05 Å². The summed E-state index contributed by atoms with van der Waals surface area (Å²) in [5.41, 5.74) is 5.37. The average molecular weight is 186 g/mol. The van der Waals surface area contributed by atoms with Gasteiger partial charge in [-0.25, -0.2) is 0 Å². The molecular weight excluding hydrogens is 176 g/mol. The monoisotopic (exact) mass is 186 g/mol. The first kappa shape index (κ1) is 9.62. The Balaban J connectivity index is 2.80. The molecule has 0 spiro atoms. The number of aliphatic hydroxyl groups excluding tert-OH is 1. The third-order valence-electron chi connectivity index (χ3n) is 1.39. The summed E-state index contributed by atoms with van der Waals surface area (Å²) in [5, 5.41) is 14.3. The van der Waals surface area contributed by atoms with Gasteiger partial charge in [0.1, 0.15) is 6.04 Å². The van der Waals surface area contributed by atoms with Crippen molar-refractivity contribution in [2.45, 2.75) is 6.04 Å². The number of nitrogens with zero attached hydrogens (tertiary/aromatic N) is 2. The van der Waals surface area contributed by atoms with Crippen LogP contribution in [0.2, 0.25) is 0 Å². The van der Waals surface area contributed by atoms with E-state index in [9.17, 15) is 4.79 Å². The first-order valence-corrected chi connectivity index (χ1v) is 3.61. The van der Waals surface area contributed by atoms with E-state index in [2.05, 4.69) is 20.0 Å². The molecule has 0 aliphatic heterocycles. The van der Waals surface area contributed by atoms with E-state index in [0.29, 0.717) is 0 Å². The molecule has 0 fully saturated rings. The van der Waals surface area contributed by atoms with Crippen LogP contribution in [0.1, 0.15) is 22.6 Å².